The number of fused-ring (bicyclic) bond motifs is 2. The van der Waals surface area contributed by atoms with Crippen molar-refractivity contribution < 1.29 is 14.6 Å². The molecule has 0 saturated heterocycles. The number of benzene rings is 1. The maximum Gasteiger partial charge on any atom is 0.312 e. The Morgan fingerprint density at radius 2 is 2.28 bits per heavy atom. The lowest BCUT2D eigenvalue weighted by molar-refractivity contribution is 0.116. The molecular formula is C12H15N3O3. The van der Waals surface area contributed by atoms with E-state index < -0.39 is 12.1 Å². The van der Waals surface area contributed by atoms with Crippen molar-refractivity contribution in [2.75, 3.05) is 5.32 Å². The molecule has 0 bridgehead atoms. The molecule has 1 aliphatic heterocycles. The maximum absolute atomic E-state index is 10.9. The third-order valence-electron chi connectivity index (χ3n) is 3.48. The molecule has 1 aliphatic carbocycles. The number of carbonyl (C=O) groups is 1. The zero-order valence-corrected chi connectivity index (χ0v) is 9.67. The largest absolute Gasteiger partial charge is 0.486 e. The Labute approximate surface area is 104 Å². The number of anilines is 1. The van der Waals surface area contributed by atoms with Gasteiger partial charge in [0.05, 0.1) is 23.9 Å². The molecule has 3 rings (SSSR count). The Balaban J connectivity index is 1.80. The SMILES string of the molecule is NC(=O)N[C@@H]1C[C@H]2Oc3ccccc3N[C@H]2[C@@H]1O. The Kier molecular flexibility index (Phi) is 2.52. The van der Waals surface area contributed by atoms with Gasteiger partial charge in [0.25, 0.3) is 0 Å². The number of rotatable bonds is 1. The molecule has 96 valence electrons. The van der Waals surface area contributed by atoms with Crippen LogP contribution in [0.1, 0.15) is 6.42 Å². The minimum Gasteiger partial charge on any atom is -0.486 e. The summed E-state index contributed by atoms with van der Waals surface area (Å²) in [5, 5.41) is 15.9. The lowest BCUT2D eigenvalue weighted by Crippen LogP contribution is -2.48. The number of ether oxygens (including phenoxy) is 1. The highest BCUT2D eigenvalue weighted by molar-refractivity contribution is 5.72. The Bertz CT molecular complexity index is 479. The molecule has 4 atom stereocenters. The van der Waals surface area contributed by atoms with E-state index in [1.807, 2.05) is 24.3 Å². The van der Waals surface area contributed by atoms with Crippen molar-refractivity contribution in [3.63, 3.8) is 0 Å². The average molecular weight is 249 g/mol. The number of amides is 2. The van der Waals surface area contributed by atoms with Crippen molar-refractivity contribution in [2.24, 2.45) is 5.73 Å². The quantitative estimate of drug-likeness (QED) is 0.564. The van der Waals surface area contributed by atoms with E-state index in [-0.39, 0.29) is 18.2 Å². The van der Waals surface area contributed by atoms with Crippen LogP contribution in [-0.4, -0.2) is 35.4 Å². The fourth-order valence-electron chi connectivity index (χ4n) is 2.66. The monoisotopic (exact) mass is 249 g/mol. The van der Waals surface area contributed by atoms with Gasteiger partial charge in [-0.25, -0.2) is 4.79 Å². The van der Waals surface area contributed by atoms with Crippen molar-refractivity contribution in [1.29, 1.82) is 0 Å². The van der Waals surface area contributed by atoms with Crippen LogP contribution in [0.25, 0.3) is 0 Å². The zero-order valence-electron chi connectivity index (χ0n) is 9.67. The summed E-state index contributed by atoms with van der Waals surface area (Å²) in [5.41, 5.74) is 5.94. The average Bonchev–Trinajstić information content (AvgIpc) is 2.63. The lowest BCUT2D eigenvalue weighted by atomic mass is 10.1. The highest BCUT2D eigenvalue weighted by atomic mass is 16.5. The number of primary amides is 1. The molecule has 0 radical (unpaired) electrons. The van der Waals surface area contributed by atoms with Crippen LogP contribution in [0.15, 0.2) is 24.3 Å². The smallest absolute Gasteiger partial charge is 0.312 e. The number of hydrogen-bond donors (Lipinski definition) is 4. The van der Waals surface area contributed by atoms with Gasteiger partial charge in [0.2, 0.25) is 0 Å². The fourth-order valence-corrected chi connectivity index (χ4v) is 2.66. The Morgan fingerprint density at radius 3 is 3.06 bits per heavy atom. The van der Waals surface area contributed by atoms with E-state index >= 15 is 0 Å². The summed E-state index contributed by atoms with van der Waals surface area (Å²) in [5.74, 6) is 0.769. The molecule has 1 aromatic rings. The molecule has 2 aliphatic rings. The summed E-state index contributed by atoms with van der Waals surface area (Å²) < 4.78 is 5.82. The molecule has 1 saturated carbocycles. The van der Waals surface area contributed by atoms with Crippen LogP contribution in [0.4, 0.5) is 10.5 Å². The molecule has 0 unspecified atom stereocenters. The van der Waals surface area contributed by atoms with E-state index in [9.17, 15) is 9.90 Å². The van der Waals surface area contributed by atoms with Crippen molar-refractivity contribution in [3.05, 3.63) is 24.3 Å². The maximum atomic E-state index is 10.9. The van der Waals surface area contributed by atoms with E-state index in [0.29, 0.717) is 6.42 Å². The van der Waals surface area contributed by atoms with Gasteiger partial charge in [-0.05, 0) is 12.1 Å². The highest BCUT2D eigenvalue weighted by Crippen LogP contribution is 2.37. The van der Waals surface area contributed by atoms with Crippen LogP contribution >= 0.6 is 0 Å². The molecule has 18 heavy (non-hydrogen) atoms. The van der Waals surface area contributed by atoms with E-state index in [1.165, 1.54) is 0 Å². The molecule has 5 N–H and O–H groups in total. The second-order valence-electron chi connectivity index (χ2n) is 4.66. The minimum absolute atomic E-state index is 0.160. The molecule has 6 nitrogen and oxygen atoms in total. The predicted octanol–water partition coefficient (Wildman–Crippen LogP) is 0.0296. The summed E-state index contributed by atoms with van der Waals surface area (Å²) in [4.78, 5) is 10.9. The molecule has 0 spiro atoms. The first-order valence-corrected chi connectivity index (χ1v) is 5.91. The minimum atomic E-state index is -0.712. The van der Waals surface area contributed by atoms with Crippen molar-refractivity contribution in [2.45, 2.75) is 30.7 Å². The van der Waals surface area contributed by atoms with E-state index in [2.05, 4.69) is 10.6 Å². The van der Waals surface area contributed by atoms with Crippen LogP contribution in [-0.2, 0) is 0 Å². The second-order valence-corrected chi connectivity index (χ2v) is 4.66. The molecule has 0 aromatic heterocycles. The second kappa shape index (κ2) is 4.06. The van der Waals surface area contributed by atoms with Gasteiger partial charge in [-0.1, -0.05) is 12.1 Å². The lowest BCUT2D eigenvalue weighted by Gasteiger charge is -2.31. The van der Waals surface area contributed by atoms with Crippen molar-refractivity contribution in [1.82, 2.24) is 5.32 Å². The summed E-state index contributed by atoms with van der Waals surface area (Å²) in [6, 6.07) is 6.33. The molecule has 1 fully saturated rings. The predicted molar refractivity (Wildman–Crippen MR) is 65.4 cm³/mol. The summed E-state index contributed by atoms with van der Waals surface area (Å²) >= 11 is 0. The first kappa shape index (κ1) is 11.2. The molecular weight excluding hydrogens is 234 g/mol. The topological polar surface area (TPSA) is 96.6 Å². The summed E-state index contributed by atoms with van der Waals surface area (Å²) in [7, 11) is 0. The fraction of sp³-hybridized carbons (Fsp3) is 0.417. The Morgan fingerprint density at radius 1 is 1.50 bits per heavy atom. The van der Waals surface area contributed by atoms with Gasteiger partial charge in [0, 0.05) is 6.42 Å². The van der Waals surface area contributed by atoms with E-state index in [1.54, 1.807) is 0 Å². The van der Waals surface area contributed by atoms with E-state index in [4.69, 9.17) is 10.5 Å². The van der Waals surface area contributed by atoms with Crippen LogP contribution in [0.2, 0.25) is 0 Å². The van der Waals surface area contributed by atoms with Gasteiger partial charge in [0.15, 0.2) is 0 Å². The van der Waals surface area contributed by atoms with Gasteiger partial charge in [-0.15, -0.1) is 0 Å². The van der Waals surface area contributed by atoms with Gasteiger partial charge in [-0.2, -0.15) is 0 Å². The third-order valence-corrected chi connectivity index (χ3v) is 3.48. The third kappa shape index (κ3) is 1.74. The van der Waals surface area contributed by atoms with Gasteiger partial charge < -0.3 is 26.2 Å². The number of aliphatic hydroxyl groups excluding tert-OH is 1. The normalized spacial score (nSPS) is 32.7. The number of nitrogens with one attached hydrogen (secondary N) is 2. The molecule has 1 heterocycles. The van der Waals surface area contributed by atoms with Gasteiger partial charge in [-0.3, -0.25) is 0 Å². The first-order valence-electron chi connectivity index (χ1n) is 5.91. The summed E-state index contributed by atoms with van der Waals surface area (Å²) in [6.45, 7) is 0. The number of para-hydroxylation sites is 2. The molecule has 2 amide bonds. The van der Waals surface area contributed by atoms with Crippen LogP contribution < -0.4 is 21.1 Å². The molecule has 6 heteroatoms. The van der Waals surface area contributed by atoms with Crippen LogP contribution in [0, 0.1) is 0 Å². The van der Waals surface area contributed by atoms with Crippen molar-refractivity contribution >= 4 is 11.7 Å². The van der Waals surface area contributed by atoms with E-state index in [0.717, 1.165) is 11.4 Å². The van der Waals surface area contributed by atoms with Crippen LogP contribution in [0.5, 0.6) is 5.75 Å². The first-order chi connectivity index (χ1) is 8.65. The van der Waals surface area contributed by atoms with Gasteiger partial charge in [0.1, 0.15) is 11.9 Å². The summed E-state index contributed by atoms with van der Waals surface area (Å²) in [6.07, 6.45) is -0.335. The number of nitrogens with two attached hydrogens (primary N) is 1. The zero-order chi connectivity index (χ0) is 12.7. The highest BCUT2D eigenvalue weighted by Gasteiger charge is 2.46. The van der Waals surface area contributed by atoms with Gasteiger partial charge >= 0.3 is 6.03 Å². The number of hydrogen-bond acceptors (Lipinski definition) is 4. The Hall–Kier alpha value is -1.95. The number of aliphatic hydroxyl groups is 1. The number of carbonyl (C=O) groups excluding carboxylic acids is 1. The number of urea groups is 1. The standard InChI is InChI=1S/C12H15N3O3/c13-12(17)15-7-5-9-10(11(7)16)14-6-3-1-2-4-8(6)18-9/h1-4,7,9-11,14,16H,5H2,(H3,13,15,17)/t7-,9-,10-,11-/m1/s1. The molecule has 1 aromatic carbocycles. The van der Waals surface area contributed by atoms with Crippen LogP contribution in [0.3, 0.4) is 0 Å². The van der Waals surface area contributed by atoms with Crippen molar-refractivity contribution in [3.8, 4) is 5.75 Å².